The molecule has 0 saturated carbocycles. The molecule has 1 aliphatic rings. The van der Waals surface area contributed by atoms with E-state index in [1.807, 2.05) is 55.7 Å². The number of rotatable bonds is 9. The third kappa shape index (κ3) is 7.87. The first-order valence-electron chi connectivity index (χ1n) is 14.4. The molecule has 0 bridgehead atoms. The second-order valence-electron chi connectivity index (χ2n) is 9.75. The van der Waals surface area contributed by atoms with Crippen LogP contribution in [-0.4, -0.2) is 62.7 Å². The average molecular weight is 631 g/mol. The molecule has 12 heteroatoms. The number of fused-ring (bicyclic) bond motifs is 3. The number of phenols is 2. The van der Waals surface area contributed by atoms with Crippen LogP contribution in [0.3, 0.4) is 0 Å². The number of aliphatic imine (C=N–C) groups is 1. The predicted octanol–water partition coefficient (Wildman–Crippen LogP) is 4.90. The molecule has 3 aromatic carbocycles. The largest absolute Gasteiger partial charge is 0.504 e. The molecule has 1 atom stereocenters. The second kappa shape index (κ2) is 15.0. The van der Waals surface area contributed by atoms with Crippen molar-refractivity contribution in [2.24, 2.45) is 4.99 Å². The molecular formula is C33H35ClN6O5. The van der Waals surface area contributed by atoms with Crippen molar-refractivity contribution in [1.82, 2.24) is 25.4 Å². The molecule has 0 fully saturated rings. The van der Waals surface area contributed by atoms with Crippen LogP contribution < -0.4 is 15.4 Å². The molecule has 45 heavy (non-hydrogen) atoms. The zero-order valence-electron chi connectivity index (χ0n) is 25.4. The standard InChI is InChI=1S/C31H29ClN6O5.C2H6/c1-18-36-37-31-24(17-29(42)34-14-13-33-28(41)12-4-19-3-11-26(39)27(40)15-19)35-30(20-5-7-21(32)8-6-20)23-16-22(43-2)9-10-25(23)38(18)31;1-2/h3-12,15-16,24,39-40H,13-14,17H2,1-2H3,(H,33,41)(H,34,42);1-2H3/b12-4+;/t24-;/m0./s1. The van der Waals surface area contributed by atoms with E-state index in [-0.39, 0.29) is 42.8 Å². The van der Waals surface area contributed by atoms with Crippen LogP contribution in [0.4, 0.5) is 0 Å². The highest BCUT2D eigenvalue weighted by atomic mass is 35.5. The lowest BCUT2D eigenvalue weighted by molar-refractivity contribution is -0.122. The number of nitrogens with zero attached hydrogens (tertiary/aromatic N) is 4. The highest BCUT2D eigenvalue weighted by molar-refractivity contribution is 6.30. The number of hydrogen-bond acceptors (Lipinski definition) is 8. The van der Waals surface area contributed by atoms with Crippen molar-refractivity contribution in [2.75, 3.05) is 20.2 Å². The molecule has 4 aromatic rings. The van der Waals surface area contributed by atoms with Gasteiger partial charge in [-0.05, 0) is 61.0 Å². The Morgan fingerprint density at radius 2 is 1.71 bits per heavy atom. The van der Waals surface area contributed by atoms with Gasteiger partial charge in [-0.15, -0.1) is 10.2 Å². The Hall–Kier alpha value is -5.16. The minimum absolute atomic E-state index is 0.00145. The summed E-state index contributed by atoms with van der Waals surface area (Å²) in [5.74, 6) is 0.666. The Balaban J connectivity index is 0.00000226. The van der Waals surface area contributed by atoms with Crippen LogP contribution in [0.25, 0.3) is 11.8 Å². The molecule has 0 spiro atoms. The molecule has 0 unspecified atom stereocenters. The fourth-order valence-corrected chi connectivity index (χ4v) is 4.81. The van der Waals surface area contributed by atoms with E-state index in [0.717, 1.165) is 16.8 Å². The molecule has 5 rings (SSSR count). The van der Waals surface area contributed by atoms with Gasteiger partial charge in [-0.25, -0.2) is 0 Å². The fourth-order valence-electron chi connectivity index (χ4n) is 4.69. The number of phenolic OH excluding ortho intramolecular Hbond substituents is 2. The number of amides is 2. The number of hydrogen-bond donors (Lipinski definition) is 4. The predicted molar refractivity (Wildman–Crippen MR) is 173 cm³/mol. The number of halogens is 1. The maximum absolute atomic E-state index is 13.1. The highest BCUT2D eigenvalue weighted by Gasteiger charge is 2.30. The number of benzene rings is 3. The third-order valence-electron chi connectivity index (χ3n) is 6.80. The number of carbonyl (C=O) groups excluding carboxylic acids is 2. The van der Waals surface area contributed by atoms with Crippen molar-refractivity contribution >= 4 is 35.2 Å². The van der Waals surface area contributed by atoms with E-state index in [1.54, 1.807) is 25.3 Å². The van der Waals surface area contributed by atoms with Crippen LogP contribution >= 0.6 is 11.6 Å². The van der Waals surface area contributed by atoms with Gasteiger partial charge >= 0.3 is 0 Å². The molecule has 0 radical (unpaired) electrons. The van der Waals surface area contributed by atoms with Crippen LogP contribution in [-0.2, 0) is 9.59 Å². The number of aromatic nitrogens is 3. The minimum Gasteiger partial charge on any atom is -0.504 e. The van der Waals surface area contributed by atoms with E-state index < -0.39 is 6.04 Å². The maximum atomic E-state index is 13.1. The molecule has 0 aliphatic carbocycles. The van der Waals surface area contributed by atoms with Crippen molar-refractivity contribution in [3.8, 4) is 22.9 Å². The molecule has 11 nitrogen and oxygen atoms in total. The van der Waals surface area contributed by atoms with Gasteiger partial charge in [0, 0.05) is 35.3 Å². The molecule has 0 saturated heterocycles. The third-order valence-corrected chi connectivity index (χ3v) is 7.05. The summed E-state index contributed by atoms with van der Waals surface area (Å²) in [5.41, 5.74) is 3.64. The van der Waals surface area contributed by atoms with E-state index in [2.05, 4.69) is 20.8 Å². The zero-order chi connectivity index (χ0) is 32.5. The summed E-state index contributed by atoms with van der Waals surface area (Å²) in [6, 6.07) is 16.6. The number of aryl methyl sites for hydroxylation is 1. The first-order chi connectivity index (χ1) is 21.7. The van der Waals surface area contributed by atoms with Gasteiger partial charge in [0.15, 0.2) is 17.3 Å². The summed E-state index contributed by atoms with van der Waals surface area (Å²) in [6.07, 6.45) is 2.80. The van der Waals surface area contributed by atoms with E-state index in [9.17, 15) is 19.8 Å². The van der Waals surface area contributed by atoms with Gasteiger partial charge in [-0.3, -0.25) is 19.1 Å². The number of nitrogens with one attached hydrogen (secondary N) is 2. The van der Waals surface area contributed by atoms with E-state index in [4.69, 9.17) is 21.3 Å². The van der Waals surface area contributed by atoms with Gasteiger partial charge < -0.3 is 25.6 Å². The summed E-state index contributed by atoms with van der Waals surface area (Å²) < 4.78 is 7.40. The molecule has 2 heterocycles. The summed E-state index contributed by atoms with van der Waals surface area (Å²) >= 11 is 6.16. The van der Waals surface area contributed by atoms with Crippen molar-refractivity contribution in [1.29, 1.82) is 0 Å². The average Bonchev–Trinajstić information content (AvgIpc) is 3.37. The molecule has 4 N–H and O–H groups in total. The lowest BCUT2D eigenvalue weighted by Gasteiger charge is -2.14. The maximum Gasteiger partial charge on any atom is 0.244 e. The molecule has 2 amide bonds. The van der Waals surface area contributed by atoms with Crippen molar-refractivity contribution in [2.45, 2.75) is 33.2 Å². The van der Waals surface area contributed by atoms with E-state index in [1.165, 1.54) is 24.3 Å². The van der Waals surface area contributed by atoms with Gasteiger partial charge in [0.2, 0.25) is 11.8 Å². The zero-order valence-corrected chi connectivity index (χ0v) is 26.2. The summed E-state index contributed by atoms with van der Waals surface area (Å²) in [6.45, 7) is 6.23. The van der Waals surface area contributed by atoms with E-state index >= 15 is 0 Å². The van der Waals surface area contributed by atoms with Crippen LogP contribution in [0.5, 0.6) is 17.2 Å². The highest BCUT2D eigenvalue weighted by Crippen LogP contribution is 2.34. The normalized spacial score (nSPS) is 13.4. The topological polar surface area (TPSA) is 151 Å². The minimum atomic E-state index is -0.649. The first kappa shape index (κ1) is 32.7. The summed E-state index contributed by atoms with van der Waals surface area (Å²) in [7, 11) is 1.60. The Morgan fingerprint density at radius 1 is 0.978 bits per heavy atom. The molecular weight excluding hydrogens is 596 g/mol. The smallest absolute Gasteiger partial charge is 0.244 e. The van der Waals surface area contributed by atoms with Crippen LogP contribution in [0.1, 0.15) is 54.6 Å². The van der Waals surface area contributed by atoms with Crippen LogP contribution in [0.2, 0.25) is 5.02 Å². The van der Waals surface area contributed by atoms with Gasteiger partial charge in [0.1, 0.15) is 17.6 Å². The quantitative estimate of drug-likeness (QED) is 0.117. The van der Waals surface area contributed by atoms with Gasteiger partial charge in [0.05, 0.1) is 24.9 Å². The summed E-state index contributed by atoms with van der Waals surface area (Å²) in [4.78, 5) is 30.3. The number of aromatic hydroxyl groups is 2. The van der Waals surface area contributed by atoms with Crippen molar-refractivity contribution in [3.05, 3.63) is 100 Å². The fraction of sp³-hybridized carbons (Fsp3) is 0.242. The lowest BCUT2D eigenvalue weighted by atomic mass is 10.00. The first-order valence-corrected chi connectivity index (χ1v) is 14.8. The lowest BCUT2D eigenvalue weighted by Crippen LogP contribution is -2.34. The number of carbonyl (C=O) groups is 2. The van der Waals surface area contributed by atoms with Gasteiger partial charge in [-0.1, -0.05) is 43.6 Å². The summed E-state index contributed by atoms with van der Waals surface area (Å²) in [5, 5.41) is 33.8. The Bertz CT molecular complexity index is 1730. The molecule has 1 aliphatic heterocycles. The monoisotopic (exact) mass is 630 g/mol. The SMILES string of the molecule is CC.COc1ccc2c(c1)C(c1ccc(Cl)cc1)=N[C@@H](CC(=O)NCCNC(=O)/C=C/c1ccc(O)c(O)c1)c1nnc(C)n1-2. The van der Waals surface area contributed by atoms with Gasteiger partial charge in [-0.2, -0.15) is 0 Å². The molecule has 234 valence electrons. The van der Waals surface area contributed by atoms with Crippen LogP contribution in [0, 0.1) is 6.92 Å². The number of ether oxygens (including phenoxy) is 1. The Kier molecular flexibility index (Phi) is 10.9. The molecule has 1 aromatic heterocycles. The van der Waals surface area contributed by atoms with Crippen molar-refractivity contribution < 1.29 is 24.5 Å². The van der Waals surface area contributed by atoms with E-state index in [0.29, 0.717) is 33.7 Å². The second-order valence-corrected chi connectivity index (χ2v) is 10.2. The number of methoxy groups -OCH3 is 1. The Labute approximate surface area is 266 Å². The van der Waals surface area contributed by atoms with Gasteiger partial charge in [0.25, 0.3) is 0 Å². The van der Waals surface area contributed by atoms with Crippen LogP contribution in [0.15, 0.2) is 71.7 Å². The van der Waals surface area contributed by atoms with Crippen molar-refractivity contribution in [3.63, 3.8) is 0 Å². The Morgan fingerprint density at radius 3 is 2.42 bits per heavy atom.